The van der Waals surface area contributed by atoms with Crippen LogP contribution in [0.4, 0.5) is 0 Å². The van der Waals surface area contributed by atoms with Crippen LogP contribution in [0.5, 0.6) is 0 Å². The molecule has 0 N–H and O–H groups in total. The van der Waals surface area contributed by atoms with Gasteiger partial charge in [0.2, 0.25) is 0 Å². The lowest BCUT2D eigenvalue weighted by atomic mass is 10.0. The van der Waals surface area contributed by atoms with Gasteiger partial charge < -0.3 is 0 Å². The van der Waals surface area contributed by atoms with Crippen LogP contribution in [0.15, 0.2) is 66.7 Å². The van der Waals surface area contributed by atoms with Crippen molar-refractivity contribution in [1.29, 1.82) is 0 Å². The largest absolute Gasteiger partial charge is 0.129 e. The minimum absolute atomic E-state index is 1.27. The van der Waals surface area contributed by atoms with E-state index in [1.807, 2.05) is 17.4 Å². The first-order valence-corrected chi connectivity index (χ1v) is 7.64. The molecule has 0 saturated carbocycles. The fraction of sp³-hybridized carbons (Fsp3) is 0. The smallest absolute Gasteiger partial charge is 0.0660 e. The third-order valence-electron chi connectivity index (χ3n) is 2.85. The molecule has 3 rings (SSSR count). The van der Waals surface area contributed by atoms with E-state index in [2.05, 4.69) is 83.3 Å². The second kappa shape index (κ2) is 5.24. The maximum atomic E-state index is 2.36. The van der Waals surface area contributed by atoms with Crippen molar-refractivity contribution in [3.05, 3.63) is 69.6 Å². The lowest BCUT2D eigenvalue weighted by Crippen LogP contribution is -1.77. The molecular weight excluding hydrogens is 351 g/mol. The van der Waals surface area contributed by atoms with Gasteiger partial charge in [0, 0.05) is 4.88 Å². The molecule has 0 spiro atoms. The fourth-order valence-corrected chi connectivity index (χ4v) is 3.55. The first-order chi connectivity index (χ1) is 8.83. The van der Waals surface area contributed by atoms with E-state index in [4.69, 9.17) is 0 Å². The van der Waals surface area contributed by atoms with Crippen molar-refractivity contribution < 1.29 is 0 Å². The molecule has 0 unspecified atom stereocenters. The summed E-state index contributed by atoms with van der Waals surface area (Å²) >= 11 is 4.19. The van der Waals surface area contributed by atoms with Gasteiger partial charge in [-0.15, -0.1) is 11.3 Å². The Balaban J connectivity index is 1.94. The van der Waals surface area contributed by atoms with E-state index in [0.717, 1.165) is 0 Å². The third kappa shape index (κ3) is 2.49. The highest BCUT2D eigenvalue weighted by Gasteiger charge is 2.02. The molecule has 0 aliphatic heterocycles. The summed E-state index contributed by atoms with van der Waals surface area (Å²) in [5, 5.41) is 0. The van der Waals surface area contributed by atoms with E-state index >= 15 is 0 Å². The minimum Gasteiger partial charge on any atom is -0.129 e. The van der Waals surface area contributed by atoms with Crippen molar-refractivity contribution >= 4 is 33.9 Å². The monoisotopic (exact) mass is 362 g/mol. The molecule has 0 nitrogen and oxygen atoms in total. The quantitative estimate of drug-likeness (QED) is 0.514. The van der Waals surface area contributed by atoms with Crippen molar-refractivity contribution in [1.82, 2.24) is 0 Å². The van der Waals surface area contributed by atoms with E-state index in [-0.39, 0.29) is 0 Å². The zero-order valence-corrected chi connectivity index (χ0v) is 12.6. The molecule has 0 bridgehead atoms. The molecule has 0 aliphatic rings. The molecule has 0 amide bonds. The van der Waals surface area contributed by atoms with Crippen LogP contribution in [0.2, 0.25) is 0 Å². The summed E-state index contributed by atoms with van der Waals surface area (Å²) in [6.07, 6.45) is 0. The van der Waals surface area contributed by atoms with Crippen molar-refractivity contribution in [2.45, 2.75) is 0 Å². The van der Waals surface area contributed by atoms with Gasteiger partial charge >= 0.3 is 0 Å². The van der Waals surface area contributed by atoms with Gasteiger partial charge in [0.25, 0.3) is 0 Å². The Morgan fingerprint density at radius 2 is 1.22 bits per heavy atom. The molecule has 3 aromatic rings. The minimum atomic E-state index is 1.27. The zero-order chi connectivity index (χ0) is 12.4. The second-order valence-corrected chi connectivity index (χ2v) is 7.03. The maximum Gasteiger partial charge on any atom is 0.0660 e. The van der Waals surface area contributed by atoms with Crippen LogP contribution in [0.25, 0.3) is 21.6 Å². The Labute approximate surface area is 124 Å². The lowest BCUT2D eigenvalue weighted by molar-refractivity contribution is 1.62. The van der Waals surface area contributed by atoms with Crippen molar-refractivity contribution in [2.24, 2.45) is 0 Å². The Hall–Kier alpha value is -1.13. The number of thiophene rings is 1. The van der Waals surface area contributed by atoms with Gasteiger partial charge in [-0.1, -0.05) is 54.6 Å². The molecule has 0 fully saturated rings. The van der Waals surface area contributed by atoms with Crippen LogP contribution in [0.1, 0.15) is 0 Å². The number of benzene rings is 2. The predicted molar refractivity (Wildman–Crippen MR) is 87.9 cm³/mol. The summed E-state index contributed by atoms with van der Waals surface area (Å²) in [4.78, 5) is 1.33. The first-order valence-electron chi connectivity index (χ1n) is 5.74. The van der Waals surface area contributed by atoms with Crippen LogP contribution < -0.4 is 0 Å². The van der Waals surface area contributed by atoms with Gasteiger partial charge in [0.15, 0.2) is 0 Å². The number of halogens is 1. The normalized spacial score (nSPS) is 10.5. The third-order valence-corrected chi connectivity index (χ3v) is 4.79. The van der Waals surface area contributed by atoms with Gasteiger partial charge in [0.05, 0.1) is 2.88 Å². The van der Waals surface area contributed by atoms with Crippen molar-refractivity contribution in [3.63, 3.8) is 0 Å². The maximum absolute atomic E-state index is 2.36. The van der Waals surface area contributed by atoms with Crippen molar-refractivity contribution in [3.8, 4) is 21.6 Å². The lowest BCUT2D eigenvalue weighted by Gasteiger charge is -2.03. The van der Waals surface area contributed by atoms with Gasteiger partial charge in [-0.2, -0.15) is 0 Å². The highest BCUT2D eigenvalue weighted by Crippen LogP contribution is 2.30. The molecule has 1 aromatic heterocycles. The summed E-state index contributed by atoms with van der Waals surface area (Å²) in [6.45, 7) is 0. The summed E-state index contributed by atoms with van der Waals surface area (Å²) in [6, 6.07) is 23.6. The van der Waals surface area contributed by atoms with E-state index < -0.39 is 0 Å². The molecule has 0 radical (unpaired) electrons. The van der Waals surface area contributed by atoms with E-state index in [1.165, 1.54) is 24.5 Å². The average Bonchev–Trinajstić information content (AvgIpc) is 2.87. The van der Waals surface area contributed by atoms with E-state index in [0.29, 0.717) is 0 Å². The first kappa shape index (κ1) is 11.9. The summed E-state index contributed by atoms with van der Waals surface area (Å²) in [5.41, 5.74) is 3.83. The van der Waals surface area contributed by atoms with Crippen LogP contribution in [-0.4, -0.2) is 0 Å². The molecule has 18 heavy (non-hydrogen) atoms. The predicted octanol–water partition coefficient (Wildman–Crippen LogP) is 5.69. The molecule has 88 valence electrons. The molecule has 0 aliphatic carbocycles. The number of hydrogen-bond acceptors (Lipinski definition) is 1. The summed E-state index contributed by atoms with van der Waals surface area (Å²) < 4.78 is 1.33. The summed E-state index contributed by atoms with van der Waals surface area (Å²) in [5.74, 6) is 0. The van der Waals surface area contributed by atoms with Gasteiger partial charge in [-0.05, 0) is 51.4 Å². The zero-order valence-electron chi connectivity index (χ0n) is 9.64. The average molecular weight is 362 g/mol. The Morgan fingerprint density at radius 1 is 0.611 bits per heavy atom. The molecule has 0 atom stereocenters. The Kier molecular flexibility index (Phi) is 3.48. The van der Waals surface area contributed by atoms with Gasteiger partial charge in [0.1, 0.15) is 0 Å². The van der Waals surface area contributed by atoms with E-state index in [9.17, 15) is 0 Å². The molecular formula is C16H11IS. The van der Waals surface area contributed by atoms with Crippen LogP contribution in [0.3, 0.4) is 0 Å². The van der Waals surface area contributed by atoms with E-state index in [1.54, 1.807) is 0 Å². The highest BCUT2D eigenvalue weighted by atomic mass is 127. The second-order valence-electron chi connectivity index (χ2n) is 4.05. The molecule has 0 saturated heterocycles. The fourth-order valence-electron chi connectivity index (χ4n) is 1.93. The van der Waals surface area contributed by atoms with Crippen LogP contribution in [-0.2, 0) is 0 Å². The molecule has 2 heteroatoms. The number of hydrogen-bond donors (Lipinski definition) is 0. The Bertz CT molecular complexity index is 638. The molecule has 2 aromatic carbocycles. The van der Waals surface area contributed by atoms with Crippen molar-refractivity contribution in [2.75, 3.05) is 0 Å². The topological polar surface area (TPSA) is 0 Å². The summed E-state index contributed by atoms with van der Waals surface area (Å²) in [7, 11) is 0. The van der Waals surface area contributed by atoms with Gasteiger partial charge in [-0.25, -0.2) is 0 Å². The standard InChI is InChI=1S/C16H11IS/c17-16-11-10-15(18-16)14-8-6-13(7-9-14)12-4-2-1-3-5-12/h1-11H. The highest BCUT2D eigenvalue weighted by molar-refractivity contribution is 14.1. The SMILES string of the molecule is Ic1ccc(-c2ccc(-c3ccccc3)cc2)s1. The Morgan fingerprint density at radius 3 is 1.83 bits per heavy atom. The van der Waals surface area contributed by atoms with Crippen LogP contribution >= 0.6 is 33.9 Å². The van der Waals surface area contributed by atoms with Crippen LogP contribution in [0, 0.1) is 2.88 Å². The number of rotatable bonds is 2. The molecule has 1 heterocycles. The van der Waals surface area contributed by atoms with Gasteiger partial charge in [-0.3, -0.25) is 0 Å².